The minimum atomic E-state index is -0.772. The van der Waals surface area contributed by atoms with Gasteiger partial charge in [0.1, 0.15) is 11.9 Å². The van der Waals surface area contributed by atoms with Gasteiger partial charge >= 0.3 is 0 Å². The van der Waals surface area contributed by atoms with Crippen LogP contribution in [0, 0.1) is 5.82 Å². The molecule has 0 saturated carbocycles. The van der Waals surface area contributed by atoms with Crippen LogP contribution in [0.5, 0.6) is 0 Å². The first-order valence-corrected chi connectivity index (χ1v) is 10.0. The highest BCUT2D eigenvalue weighted by Crippen LogP contribution is 2.22. The molecule has 156 valence electrons. The Morgan fingerprint density at radius 3 is 2.38 bits per heavy atom. The van der Waals surface area contributed by atoms with Crippen molar-refractivity contribution in [2.75, 3.05) is 0 Å². The second kappa shape index (κ2) is 9.59. The Kier molecular flexibility index (Phi) is 7.66. The van der Waals surface area contributed by atoms with Crippen LogP contribution in [-0.2, 0) is 22.6 Å². The average molecular weight is 439 g/mol. The van der Waals surface area contributed by atoms with Crippen molar-refractivity contribution in [1.82, 2.24) is 10.2 Å². The van der Waals surface area contributed by atoms with Gasteiger partial charge in [-0.1, -0.05) is 41.4 Å². The van der Waals surface area contributed by atoms with Gasteiger partial charge in [-0.15, -0.1) is 0 Å². The third kappa shape index (κ3) is 6.72. The summed E-state index contributed by atoms with van der Waals surface area (Å²) in [5, 5.41) is 3.58. The van der Waals surface area contributed by atoms with E-state index in [4.69, 9.17) is 23.2 Å². The number of amides is 2. The van der Waals surface area contributed by atoms with Crippen molar-refractivity contribution in [3.63, 3.8) is 0 Å². The predicted molar refractivity (Wildman–Crippen MR) is 114 cm³/mol. The fraction of sp³-hybridized carbons (Fsp3) is 0.364. The minimum absolute atomic E-state index is 0.110. The van der Waals surface area contributed by atoms with Gasteiger partial charge in [0.15, 0.2) is 0 Å². The van der Waals surface area contributed by atoms with Crippen LogP contribution in [0.4, 0.5) is 4.39 Å². The molecular weight excluding hydrogens is 414 g/mol. The van der Waals surface area contributed by atoms with Crippen LogP contribution in [0.25, 0.3) is 0 Å². The van der Waals surface area contributed by atoms with E-state index in [1.165, 1.54) is 23.1 Å². The molecule has 0 fully saturated rings. The van der Waals surface area contributed by atoms with E-state index in [-0.39, 0.29) is 29.5 Å². The maximum Gasteiger partial charge on any atom is 0.242 e. The van der Waals surface area contributed by atoms with Crippen molar-refractivity contribution >= 4 is 35.0 Å². The quantitative estimate of drug-likeness (QED) is 0.688. The Balaban J connectivity index is 2.32. The van der Waals surface area contributed by atoms with Gasteiger partial charge in [-0.25, -0.2) is 4.39 Å². The number of benzene rings is 2. The fourth-order valence-corrected chi connectivity index (χ4v) is 3.29. The van der Waals surface area contributed by atoms with E-state index in [9.17, 15) is 14.0 Å². The molecule has 1 N–H and O–H groups in total. The van der Waals surface area contributed by atoms with Crippen LogP contribution in [0.3, 0.4) is 0 Å². The lowest BCUT2D eigenvalue weighted by Gasteiger charge is -2.31. The van der Waals surface area contributed by atoms with E-state index >= 15 is 0 Å². The number of hydrogen-bond acceptors (Lipinski definition) is 2. The van der Waals surface area contributed by atoms with Crippen LogP contribution < -0.4 is 5.32 Å². The molecular formula is C22H25Cl2FN2O2. The highest BCUT2D eigenvalue weighted by molar-refractivity contribution is 6.31. The molecule has 0 aliphatic carbocycles. The van der Waals surface area contributed by atoms with E-state index in [2.05, 4.69) is 5.32 Å². The van der Waals surface area contributed by atoms with Crippen LogP contribution in [0.1, 0.15) is 38.8 Å². The third-order valence-electron chi connectivity index (χ3n) is 4.30. The number of carbonyl (C=O) groups excluding carboxylic acids is 2. The zero-order chi connectivity index (χ0) is 21.8. The van der Waals surface area contributed by atoms with Crippen molar-refractivity contribution in [1.29, 1.82) is 0 Å². The van der Waals surface area contributed by atoms with Crippen LogP contribution in [0.15, 0.2) is 42.5 Å². The van der Waals surface area contributed by atoms with Gasteiger partial charge in [0.05, 0.1) is 6.42 Å². The second-order valence-electron chi connectivity index (χ2n) is 7.94. The molecule has 0 heterocycles. The molecule has 0 aliphatic heterocycles. The average Bonchev–Trinajstić information content (AvgIpc) is 2.61. The first-order valence-electron chi connectivity index (χ1n) is 9.27. The number of halogens is 3. The van der Waals surface area contributed by atoms with Gasteiger partial charge in [-0.05, 0) is 57.5 Å². The standard InChI is InChI=1S/C22H25Cl2FN2O2/c1-14(21(29)26-22(2,3)4)27(13-15-7-5-8-16(23)11-15)20(28)12-17-18(24)9-6-10-19(17)25/h5-11,14H,12-13H2,1-4H3,(H,26,29)/t14-/m1/s1. The Hall–Kier alpha value is -2.11. The van der Waals surface area contributed by atoms with Gasteiger partial charge in [0, 0.05) is 27.7 Å². The lowest BCUT2D eigenvalue weighted by molar-refractivity contribution is -0.140. The Morgan fingerprint density at radius 1 is 1.14 bits per heavy atom. The molecule has 1 atom stereocenters. The molecule has 0 saturated heterocycles. The molecule has 0 aromatic heterocycles. The van der Waals surface area contributed by atoms with Gasteiger partial charge < -0.3 is 10.2 Å². The summed E-state index contributed by atoms with van der Waals surface area (Å²) in [6, 6.07) is 10.5. The van der Waals surface area contributed by atoms with Gasteiger partial charge in [0.25, 0.3) is 0 Å². The molecule has 0 bridgehead atoms. The van der Waals surface area contributed by atoms with Crippen molar-refractivity contribution in [2.24, 2.45) is 0 Å². The molecule has 0 unspecified atom stereocenters. The lowest BCUT2D eigenvalue weighted by Crippen LogP contribution is -2.52. The largest absolute Gasteiger partial charge is 0.350 e. The maximum absolute atomic E-state index is 14.2. The number of carbonyl (C=O) groups is 2. The molecule has 29 heavy (non-hydrogen) atoms. The lowest BCUT2D eigenvalue weighted by atomic mass is 10.1. The summed E-state index contributed by atoms with van der Waals surface area (Å²) in [7, 11) is 0. The first kappa shape index (κ1) is 23.2. The summed E-state index contributed by atoms with van der Waals surface area (Å²) < 4.78 is 14.2. The fourth-order valence-electron chi connectivity index (χ4n) is 2.84. The van der Waals surface area contributed by atoms with Crippen molar-refractivity contribution < 1.29 is 14.0 Å². The Morgan fingerprint density at radius 2 is 1.79 bits per heavy atom. The van der Waals surface area contributed by atoms with Crippen LogP contribution in [-0.4, -0.2) is 28.3 Å². The monoisotopic (exact) mass is 438 g/mol. The summed E-state index contributed by atoms with van der Waals surface area (Å²) in [4.78, 5) is 27.2. The highest BCUT2D eigenvalue weighted by atomic mass is 35.5. The molecule has 7 heteroatoms. The minimum Gasteiger partial charge on any atom is -0.350 e. The molecule has 2 aromatic carbocycles. The summed E-state index contributed by atoms with van der Waals surface area (Å²) in [6.07, 6.45) is -0.251. The van der Waals surface area contributed by atoms with E-state index < -0.39 is 23.3 Å². The number of hydrogen-bond donors (Lipinski definition) is 1. The van der Waals surface area contributed by atoms with Crippen LogP contribution in [0.2, 0.25) is 10.0 Å². The second-order valence-corrected chi connectivity index (χ2v) is 8.79. The summed E-state index contributed by atoms with van der Waals surface area (Å²) in [5.74, 6) is -1.26. The number of rotatable bonds is 6. The molecule has 4 nitrogen and oxygen atoms in total. The molecule has 0 spiro atoms. The number of nitrogens with one attached hydrogen (secondary N) is 1. The van der Waals surface area contributed by atoms with Gasteiger partial charge in [-0.2, -0.15) is 0 Å². The maximum atomic E-state index is 14.2. The normalized spacial score (nSPS) is 12.4. The predicted octanol–water partition coefficient (Wildman–Crippen LogP) is 5.01. The van der Waals surface area contributed by atoms with Crippen LogP contribution >= 0.6 is 23.2 Å². The van der Waals surface area contributed by atoms with Crippen molar-refractivity contribution in [2.45, 2.75) is 52.2 Å². The first-order chi connectivity index (χ1) is 13.5. The Bertz CT molecular complexity index is 876. The SMILES string of the molecule is C[C@H](C(=O)NC(C)(C)C)N(Cc1cccc(Cl)c1)C(=O)Cc1c(F)cccc1Cl. The topological polar surface area (TPSA) is 49.4 Å². The summed E-state index contributed by atoms with van der Waals surface area (Å²) in [5.41, 5.74) is 0.421. The molecule has 0 aliphatic rings. The van der Waals surface area contributed by atoms with Crippen molar-refractivity contribution in [3.05, 3.63) is 69.5 Å². The Labute approximate surface area is 181 Å². The van der Waals surface area contributed by atoms with E-state index in [0.717, 1.165) is 5.56 Å². The summed E-state index contributed by atoms with van der Waals surface area (Å²) in [6.45, 7) is 7.39. The van der Waals surface area contributed by atoms with Gasteiger partial charge in [-0.3, -0.25) is 9.59 Å². The molecule has 2 aromatic rings. The molecule has 0 radical (unpaired) electrons. The van der Waals surface area contributed by atoms with Gasteiger partial charge in [0.2, 0.25) is 11.8 Å². The zero-order valence-electron chi connectivity index (χ0n) is 16.9. The van der Waals surface area contributed by atoms with E-state index in [1.807, 2.05) is 26.8 Å². The summed E-state index contributed by atoms with van der Waals surface area (Å²) >= 11 is 12.1. The van der Waals surface area contributed by atoms with Crippen molar-refractivity contribution in [3.8, 4) is 0 Å². The van der Waals surface area contributed by atoms with E-state index in [1.54, 1.807) is 25.1 Å². The third-order valence-corrected chi connectivity index (χ3v) is 4.89. The smallest absolute Gasteiger partial charge is 0.242 e. The highest BCUT2D eigenvalue weighted by Gasteiger charge is 2.29. The molecule has 2 rings (SSSR count). The molecule has 2 amide bonds. The number of nitrogens with zero attached hydrogens (tertiary/aromatic N) is 1. The zero-order valence-corrected chi connectivity index (χ0v) is 18.4. The van der Waals surface area contributed by atoms with E-state index in [0.29, 0.717) is 5.02 Å².